The van der Waals surface area contributed by atoms with Gasteiger partial charge in [-0.15, -0.1) is 0 Å². The van der Waals surface area contributed by atoms with E-state index >= 15 is 0 Å². The first kappa shape index (κ1) is 11.9. The average Bonchev–Trinajstić information content (AvgIpc) is 2.10. The lowest BCUT2D eigenvalue weighted by atomic mass is 10.1. The van der Waals surface area contributed by atoms with Crippen molar-refractivity contribution in [2.24, 2.45) is 0 Å². The van der Waals surface area contributed by atoms with Crippen LogP contribution < -0.4 is 0 Å². The Hall–Kier alpha value is -0.0831. The van der Waals surface area contributed by atoms with Gasteiger partial charge in [-0.25, -0.2) is 0 Å². The van der Waals surface area contributed by atoms with Gasteiger partial charge in [-0.1, -0.05) is 50.8 Å². The van der Waals surface area contributed by atoms with E-state index in [0.717, 1.165) is 0 Å². The molecule has 0 aromatic heterocycles. The van der Waals surface area contributed by atoms with Crippen molar-refractivity contribution < 1.29 is 4.80 Å². The third-order valence-electron chi connectivity index (χ3n) is 2.00. The second-order valence-corrected chi connectivity index (χ2v) is 4.05. The topological polar surface area (TPSA) is 20.2 Å². The van der Waals surface area contributed by atoms with Crippen LogP contribution in [0.4, 0.5) is 0 Å². The van der Waals surface area contributed by atoms with Crippen LogP contribution in [0.3, 0.4) is 0 Å². The molecule has 0 atom stereocenters. The maximum atomic E-state index is 8.59. The summed E-state index contributed by atoms with van der Waals surface area (Å²) in [6.45, 7) is 2.24. The van der Waals surface area contributed by atoms with E-state index in [4.69, 9.17) is 4.80 Å². The minimum Gasteiger partial charge on any atom is -0.434 e. The summed E-state index contributed by atoms with van der Waals surface area (Å²) in [4.78, 5) is 8.59. The van der Waals surface area contributed by atoms with Crippen LogP contribution in [-0.2, 0) is 0 Å². The molecule has 0 aromatic rings. The van der Waals surface area contributed by atoms with Crippen molar-refractivity contribution in [3.05, 3.63) is 11.8 Å². The van der Waals surface area contributed by atoms with Crippen LogP contribution in [0.25, 0.3) is 0 Å². The average molecular weight is 186 g/mol. The van der Waals surface area contributed by atoms with Crippen molar-refractivity contribution in [2.75, 3.05) is 0 Å². The van der Waals surface area contributed by atoms with E-state index in [1.807, 2.05) is 5.70 Å². The molecule has 0 radical (unpaired) electrons. The number of allylic oxidation sites excluding steroid dienone is 1. The van der Waals surface area contributed by atoms with Gasteiger partial charge in [0, 0.05) is 0 Å². The highest BCUT2D eigenvalue weighted by Crippen LogP contribution is 2.06. The van der Waals surface area contributed by atoms with Crippen LogP contribution in [0.1, 0.15) is 51.9 Å². The summed E-state index contributed by atoms with van der Waals surface area (Å²) in [5.41, 5.74) is 1.96. The second-order valence-electron chi connectivity index (χ2n) is 3.21. The highest BCUT2D eigenvalue weighted by atomic mass is 28.2. The van der Waals surface area contributed by atoms with Gasteiger partial charge in [-0.3, -0.25) is 0 Å². The van der Waals surface area contributed by atoms with Crippen molar-refractivity contribution >= 4 is 9.76 Å². The largest absolute Gasteiger partial charge is 0.434 e. The lowest BCUT2D eigenvalue weighted by molar-refractivity contribution is 0.608. The Morgan fingerprint density at radius 1 is 1.08 bits per heavy atom. The molecule has 0 fully saturated rings. The highest BCUT2D eigenvalue weighted by molar-refractivity contribution is 6.32. The van der Waals surface area contributed by atoms with E-state index in [1.54, 1.807) is 0 Å². The van der Waals surface area contributed by atoms with E-state index in [-0.39, 0.29) is 0 Å². The maximum absolute atomic E-state index is 8.59. The van der Waals surface area contributed by atoms with Crippen molar-refractivity contribution in [2.45, 2.75) is 51.9 Å². The molecule has 12 heavy (non-hydrogen) atoms. The Labute approximate surface area is 78.8 Å². The van der Waals surface area contributed by atoms with Crippen molar-refractivity contribution in [3.63, 3.8) is 0 Å². The van der Waals surface area contributed by atoms with Gasteiger partial charge in [-0.2, -0.15) is 0 Å². The molecule has 0 rings (SSSR count). The van der Waals surface area contributed by atoms with Gasteiger partial charge >= 0.3 is 0 Å². The summed E-state index contributed by atoms with van der Waals surface area (Å²) in [6.07, 6.45) is 11.5. The molecule has 0 saturated heterocycles. The van der Waals surface area contributed by atoms with Gasteiger partial charge in [0.2, 0.25) is 0 Å². The molecule has 0 amide bonds. The van der Waals surface area contributed by atoms with Gasteiger partial charge < -0.3 is 4.80 Å². The third kappa shape index (κ3) is 9.92. The van der Waals surface area contributed by atoms with Crippen LogP contribution in [0, 0.1) is 0 Å². The molecule has 0 aromatic carbocycles. The van der Waals surface area contributed by atoms with Crippen LogP contribution in [0.2, 0.25) is 0 Å². The minimum absolute atomic E-state index is 0.814. The number of unbranched alkanes of at least 4 members (excludes halogenated alkanes) is 6. The molecular formula is C10H22OSi. The number of rotatable bonds is 8. The lowest BCUT2D eigenvalue weighted by Crippen LogP contribution is -1.80. The molecule has 0 saturated carbocycles. The monoisotopic (exact) mass is 186 g/mol. The normalized spacial score (nSPS) is 12.2. The summed E-state index contributed by atoms with van der Waals surface area (Å²) >= 11 is 0. The fraction of sp³-hybridized carbons (Fsp3) is 0.800. The molecule has 0 spiro atoms. The minimum atomic E-state index is -0.814. The SMILES string of the molecule is CCCCCCCC/C=C/[SiH2]O. The molecule has 0 unspecified atom stereocenters. The summed E-state index contributed by atoms with van der Waals surface area (Å²) in [7, 11) is -0.814. The lowest BCUT2D eigenvalue weighted by Gasteiger charge is -1.97. The summed E-state index contributed by atoms with van der Waals surface area (Å²) in [5.74, 6) is 0. The fourth-order valence-corrected chi connectivity index (χ4v) is 1.62. The zero-order valence-corrected chi connectivity index (χ0v) is 9.67. The fourth-order valence-electron chi connectivity index (χ4n) is 1.23. The Morgan fingerprint density at radius 2 is 1.75 bits per heavy atom. The van der Waals surface area contributed by atoms with Crippen LogP contribution in [0.15, 0.2) is 11.8 Å². The molecule has 0 aliphatic heterocycles. The van der Waals surface area contributed by atoms with Gasteiger partial charge in [0.1, 0.15) is 0 Å². The Kier molecular flexibility index (Phi) is 10.8. The van der Waals surface area contributed by atoms with E-state index in [9.17, 15) is 0 Å². The number of hydrogen-bond acceptors (Lipinski definition) is 1. The standard InChI is InChI=1S/C10H22OSi/c1-2-3-4-5-6-7-8-9-10-12-11/h9-11H,2-8,12H2,1H3/b10-9+. The highest BCUT2D eigenvalue weighted by Gasteiger charge is 1.87. The van der Waals surface area contributed by atoms with E-state index in [0.29, 0.717) is 0 Å². The van der Waals surface area contributed by atoms with Crippen LogP contribution in [0.5, 0.6) is 0 Å². The Balaban J connectivity index is 2.86. The molecule has 0 heterocycles. The van der Waals surface area contributed by atoms with Crippen molar-refractivity contribution in [1.29, 1.82) is 0 Å². The van der Waals surface area contributed by atoms with Gasteiger partial charge in [0.15, 0.2) is 9.76 Å². The van der Waals surface area contributed by atoms with E-state index in [1.165, 1.54) is 44.9 Å². The van der Waals surface area contributed by atoms with E-state index < -0.39 is 9.76 Å². The summed E-state index contributed by atoms with van der Waals surface area (Å²) in [6, 6.07) is 0. The molecule has 2 heteroatoms. The maximum Gasteiger partial charge on any atom is 0.180 e. The molecule has 72 valence electrons. The van der Waals surface area contributed by atoms with Crippen molar-refractivity contribution in [1.82, 2.24) is 0 Å². The first-order chi connectivity index (χ1) is 5.91. The van der Waals surface area contributed by atoms with E-state index in [2.05, 4.69) is 13.0 Å². The molecule has 1 nitrogen and oxygen atoms in total. The van der Waals surface area contributed by atoms with Gasteiger partial charge in [0.25, 0.3) is 0 Å². The van der Waals surface area contributed by atoms with Gasteiger partial charge in [0.05, 0.1) is 0 Å². The van der Waals surface area contributed by atoms with Crippen LogP contribution >= 0.6 is 0 Å². The molecule has 0 aliphatic rings. The van der Waals surface area contributed by atoms with Crippen molar-refractivity contribution in [3.8, 4) is 0 Å². The van der Waals surface area contributed by atoms with Gasteiger partial charge in [-0.05, 0) is 12.8 Å². The second kappa shape index (κ2) is 10.9. The predicted octanol–water partition coefficient (Wildman–Crippen LogP) is 2.33. The summed E-state index contributed by atoms with van der Waals surface area (Å²) in [5, 5.41) is 0. The predicted molar refractivity (Wildman–Crippen MR) is 57.9 cm³/mol. The first-order valence-corrected chi connectivity index (χ1v) is 6.62. The van der Waals surface area contributed by atoms with Crippen LogP contribution in [-0.4, -0.2) is 14.6 Å². The first-order valence-electron chi connectivity index (χ1n) is 5.17. The smallest absolute Gasteiger partial charge is 0.180 e. The molecule has 0 aliphatic carbocycles. The molecule has 1 N–H and O–H groups in total. The number of hydrogen-bond donors (Lipinski definition) is 1. The Bertz CT molecular complexity index is 102. The molecular weight excluding hydrogens is 164 g/mol. The Morgan fingerprint density at radius 3 is 2.42 bits per heavy atom. The molecule has 0 bridgehead atoms. The third-order valence-corrected chi connectivity index (χ3v) is 2.54. The quantitative estimate of drug-likeness (QED) is 0.456. The zero-order chi connectivity index (χ0) is 9.07. The zero-order valence-electron chi connectivity index (χ0n) is 8.26. The summed E-state index contributed by atoms with van der Waals surface area (Å²) < 4.78 is 0.